The maximum atomic E-state index is 15.0. The number of anilines is 3. The fourth-order valence-corrected chi connectivity index (χ4v) is 3.86. The smallest absolute Gasteiger partial charge is 0.410 e. The zero-order valence-electron chi connectivity index (χ0n) is 19.8. The Morgan fingerprint density at radius 3 is 2.53 bits per heavy atom. The van der Waals surface area contributed by atoms with E-state index in [2.05, 4.69) is 15.3 Å². The first-order valence-corrected chi connectivity index (χ1v) is 11.3. The van der Waals surface area contributed by atoms with Crippen molar-refractivity contribution >= 4 is 34.4 Å². The van der Waals surface area contributed by atoms with Crippen molar-refractivity contribution in [3.63, 3.8) is 0 Å². The maximum Gasteiger partial charge on any atom is 0.410 e. The van der Waals surface area contributed by atoms with Crippen molar-refractivity contribution in [2.24, 2.45) is 0 Å². The lowest BCUT2D eigenvalue weighted by atomic mass is 10.2. The summed E-state index contributed by atoms with van der Waals surface area (Å²) in [4.78, 5) is 36.6. The van der Waals surface area contributed by atoms with Crippen LogP contribution in [0.15, 0.2) is 41.3 Å². The molecule has 180 valence electrons. The number of halogens is 1. The first-order valence-electron chi connectivity index (χ1n) is 11.3. The van der Waals surface area contributed by atoms with Gasteiger partial charge in [0.2, 0.25) is 5.95 Å². The van der Waals surface area contributed by atoms with E-state index < -0.39 is 5.60 Å². The van der Waals surface area contributed by atoms with Gasteiger partial charge in [0.15, 0.2) is 0 Å². The van der Waals surface area contributed by atoms with E-state index in [0.717, 1.165) is 5.39 Å². The number of amides is 1. The second-order valence-electron chi connectivity index (χ2n) is 9.13. The molecular weight excluding hydrogens is 439 g/mol. The third kappa shape index (κ3) is 5.11. The highest BCUT2D eigenvalue weighted by Crippen LogP contribution is 2.26. The molecule has 9 nitrogen and oxygen atoms in total. The van der Waals surface area contributed by atoms with Crippen LogP contribution in [-0.4, -0.2) is 57.3 Å². The summed E-state index contributed by atoms with van der Waals surface area (Å²) in [5.74, 6) is -0.111. The highest BCUT2D eigenvalue weighted by Gasteiger charge is 2.26. The van der Waals surface area contributed by atoms with Crippen LogP contribution in [0.5, 0.6) is 0 Å². The van der Waals surface area contributed by atoms with Gasteiger partial charge >= 0.3 is 6.09 Å². The van der Waals surface area contributed by atoms with Crippen molar-refractivity contribution in [2.75, 3.05) is 36.4 Å². The quantitative estimate of drug-likeness (QED) is 0.623. The van der Waals surface area contributed by atoms with E-state index >= 15 is 0 Å². The lowest BCUT2D eigenvalue weighted by molar-refractivity contribution is 0.0240. The van der Waals surface area contributed by atoms with Crippen LogP contribution in [0.1, 0.15) is 27.7 Å². The Morgan fingerprint density at radius 1 is 1.15 bits per heavy atom. The number of benzene rings is 1. The number of hydrogen-bond acceptors (Lipinski definition) is 7. The van der Waals surface area contributed by atoms with Gasteiger partial charge < -0.3 is 19.9 Å². The summed E-state index contributed by atoms with van der Waals surface area (Å²) >= 11 is 0. The molecule has 1 aliphatic rings. The van der Waals surface area contributed by atoms with Gasteiger partial charge in [0.05, 0.1) is 5.69 Å². The molecule has 0 spiro atoms. The van der Waals surface area contributed by atoms with Crippen LogP contribution in [0.25, 0.3) is 11.0 Å². The first kappa shape index (κ1) is 23.5. The average Bonchev–Trinajstić information content (AvgIpc) is 2.78. The van der Waals surface area contributed by atoms with Crippen LogP contribution in [0.3, 0.4) is 0 Å². The summed E-state index contributed by atoms with van der Waals surface area (Å²) in [5, 5.41) is 3.77. The van der Waals surface area contributed by atoms with Crippen LogP contribution in [0, 0.1) is 5.82 Å². The van der Waals surface area contributed by atoms with Crippen molar-refractivity contribution in [3.8, 4) is 0 Å². The molecule has 34 heavy (non-hydrogen) atoms. The molecule has 1 saturated heterocycles. The molecule has 4 rings (SSSR count). The van der Waals surface area contributed by atoms with Crippen molar-refractivity contribution in [2.45, 2.75) is 39.8 Å². The molecule has 3 aromatic rings. The zero-order chi connectivity index (χ0) is 24.5. The molecule has 1 fully saturated rings. The minimum Gasteiger partial charge on any atom is -0.444 e. The fourth-order valence-electron chi connectivity index (χ4n) is 3.86. The molecule has 2 aromatic heterocycles. The molecule has 0 radical (unpaired) electrons. The van der Waals surface area contributed by atoms with E-state index in [9.17, 15) is 14.0 Å². The summed E-state index contributed by atoms with van der Waals surface area (Å²) in [7, 11) is 0. The van der Waals surface area contributed by atoms with Gasteiger partial charge in [-0.3, -0.25) is 9.36 Å². The molecule has 0 unspecified atom stereocenters. The Balaban J connectivity index is 1.45. The molecule has 1 aliphatic heterocycles. The molecule has 0 saturated carbocycles. The number of fused-ring (bicyclic) bond motifs is 1. The van der Waals surface area contributed by atoms with E-state index in [0.29, 0.717) is 49.7 Å². The predicted molar refractivity (Wildman–Crippen MR) is 129 cm³/mol. The topological polar surface area (TPSA) is 92.6 Å². The maximum absolute atomic E-state index is 15.0. The molecule has 3 heterocycles. The van der Waals surface area contributed by atoms with Gasteiger partial charge in [-0.1, -0.05) is 0 Å². The van der Waals surface area contributed by atoms with E-state index in [4.69, 9.17) is 4.74 Å². The Hall–Kier alpha value is -3.69. The standard InChI is InChI=1S/C24H29FN6O3/c1-5-31-20(32)9-6-16-15-26-22(28-21(16)31)27-17-7-8-19(18(25)14-17)29-10-12-30(13-11-29)23(33)34-24(2,3)4/h6-9,14-15H,5,10-13H2,1-4H3,(H,26,27,28). The summed E-state index contributed by atoms with van der Waals surface area (Å²) in [6.45, 7) is 9.77. The Bertz CT molecular complexity index is 1260. The minimum atomic E-state index is -0.550. The second kappa shape index (κ2) is 9.28. The lowest BCUT2D eigenvalue weighted by Gasteiger charge is -2.36. The Morgan fingerprint density at radius 2 is 1.88 bits per heavy atom. The number of aryl methyl sites for hydroxylation is 1. The number of pyridine rings is 1. The van der Waals surface area contributed by atoms with Crippen LogP contribution >= 0.6 is 0 Å². The van der Waals surface area contributed by atoms with E-state index in [1.165, 1.54) is 12.1 Å². The first-order chi connectivity index (χ1) is 16.1. The SMILES string of the molecule is CCn1c(=O)ccc2cnc(Nc3ccc(N4CCN(C(=O)OC(C)(C)C)CC4)c(F)c3)nc21. The monoisotopic (exact) mass is 468 g/mol. The number of rotatable bonds is 4. The van der Waals surface area contributed by atoms with Gasteiger partial charge in [-0.05, 0) is 52.0 Å². The highest BCUT2D eigenvalue weighted by molar-refractivity contribution is 5.75. The number of ether oxygens (including phenoxy) is 1. The molecular formula is C24H29FN6O3. The van der Waals surface area contributed by atoms with Crippen molar-refractivity contribution in [1.29, 1.82) is 0 Å². The van der Waals surface area contributed by atoms with Crippen molar-refractivity contribution in [3.05, 3.63) is 52.7 Å². The zero-order valence-corrected chi connectivity index (χ0v) is 19.8. The van der Waals surface area contributed by atoms with E-state index in [1.807, 2.05) is 32.6 Å². The number of hydrogen-bond donors (Lipinski definition) is 1. The van der Waals surface area contributed by atoms with Crippen LogP contribution in [0.4, 0.5) is 26.5 Å². The average molecular weight is 469 g/mol. The second-order valence-corrected chi connectivity index (χ2v) is 9.13. The largest absolute Gasteiger partial charge is 0.444 e. The highest BCUT2D eigenvalue weighted by atomic mass is 19.1. The van der Waals surface area contributed by atoms with Crippen molar-refractivity contribution in [1.82, 2.24) is 19.4 Å². The van der Waals surface area contributed by atoms with Gasteiger partial charge in [-0.2, -0.15) is 4.98 Å². The van der Waals surface area contributed by atoms with Gasteiger partial charge in [0, 0.05) is 56.1 Å². The molecule has 1 aromatic carbocycles. The van der Waals surface area contributed by atoms with Gasteiger partial charge in [0.1, 0.15) is 17.1 Å². The van der Waals surface area contributed by atoms with Crippen molar-refractivity contribution < 1.29 is 13.9 Å². The molecule has 10 heteroatoms. The van der Waals surface area contributed by atoms with E-state index in [1.54, 1.807) is 33.9 Å². The van der Waals surface area contributed by atoms with Gasteiger partial charge in [-0.15, -0.1) is 0 Å². The van der Waals surface area contributed by atoms with E-state index in [-0.39, 0.29) is 23.4 Å². The fraction of sp³-hybridized carbons (Fsp3) is 0.417. The summed E-state index contributed by atoms with van der Waals surface area (Å²) in [5.41, 5.74) is 0.795. The van der Waals surface area contributed by atoms with Gasteiger partial charge in [0.25, 0.3) is 5.56 Å². The number of nitrogens with one attached hydrogen (secondary N) is 1. The number of piperazine rings is 1. The summed E-state index contributed by atoms with van der Waals surface area (Å²) in [6, 6.07) is 8.02. The Labute approximate surface area is 197 Å². The molecule has 1 amide bonds. The molecule has 1 N–H and O–H groups in total. The Kier molecular flexibility index (Phi) is 6.41. The third-order valence-corrected chi connectivity index (χ3v) is 5.52. The summed E-state index contributed by atoms with van der Waals surface area (Å²) in [6.07, 6.45) is 1.28. The van der Waals surface area contributed by atoms with Gasteiger partial charge in [-0.25, -0.2) is 14.2 Å². The van der Waals surface area contributed by atoms with Crippen LogP contribution in [-0.2, 0) is 11.3 Å². The third-order valence-electron chi connectivity index (χ3n) is 5.52. The molecule has 0 bridgehead atoms. The van der Waals surface area contributed by atoms with Crippen LogP contribution < -0.4 is 15.8 Å². The molecule has 0 atom stereocenters. The number of carbonyl (C=O) groups excluding carboxylic acids is 1. The lowest BCUT2D eigenvalue weighted by Crippen LogP contribution is -2.50. The molecule has 0 aliphatic carbocycles. The number of carbonyl (C=O) groups is 1. The number of aromatic nitrogens is 3. The summed E-state index contributed by atoms with van der Waals surface area (Å²) < 4.78 is 21.9. The van der Waals surface area contributed by atoms with Crippen LogP contribution in [0.2, 0.25) is 0 Å². The predicted octanol–water partition coefficient (Wildman–Crippen LogP) is 3.75. The normalized spacial score (nSPS) is 14.4. The minimum absolute atomic E-state index is 0.137. The number of nitrogens with zero attached hydrogens (tertiary/aromatic N) is 5.